The third kappa shape index (κ3) is 11.7. The first-order valence-corrected chi connectivity index (χ1v) is 29.4. The fourth-order valence-corrected chi connectivity index (χ4v) is 13.4. The number of aromatic nitrogens is 1. The number of nitrogens with one attached hydrogen (secondary N) is 6. The highest BCUT2D eigenvalue weighted by Crippen LogP contribution is 2.59. The normalized spacial score (nSPS) is 26.2. The number of pyridine rings is 1. The van der Waals surface area contributed by atoms with Crippen molar-refractivity contribution in [3.63, 3.8) is 0 Å². The summed E-state index contributed by atoms with van der Waals surface area (Å²) in [5.41, 5.74) is -1.15. The number of aromatic hydroxyl groups is 2. The number of carbonyl (C=O) groups is 8. The maximum absolute atomic E-state index is 14.5. The number of fused-ring (bicyclic) bond motifs is 6. The van der Waals surface area contributed by atoms with Crippen LogP contribution >= 0.6 is 0 Å². The molecule has 446 valence electrons. The van der Waals surface area contributed by atoms with Gasteiger partial charge in [-0.05, 0) is 75.5 Å². The molecular formula is C56H64N9O18S+. The molecule has 3 aromatic rings. The fourth-order valence-electron chi connectivity index (χ4n) is 12.6. The highest BCUT2D eigenvalue weighted by atomic mass is 32.2. The molecule has 0 bridgehead atoms. The second kappa shape index (κ2) is 24.0. The Morgan fingerprint density at radius 1 is 0.869 bits per heavy atom. The van der Waals surface area contributed by atoms with E-state index in [-0.39, 0.29) is 84.0 Å². The van der Waals surface area contributed by atoms with Gasteiger partial charge in [0.1, 0.15) is 35.6 Å². The Kier molecular flexibility index (Phi) is 16.9. The number of nitrogens with zero attached hydrogens (tertiary/aromatic N) is 3. The fraction of sp³-hybridized carbons (Fsp3) is 0.518. The summed E-state index contributed by atoms with van der Waals surface area (Å²) >= 11 is 0. The zero-order valence-electron chi connectivity index (χ0n) is 46.4. The van der Waals surface area contributed by atoms with Crippen molar-refractivity contribution in [2.45, 2.75) is 106 Å². The molecule has 2 aromatic carbocycles. The summed E-state index contributed by atoms with van der Waals surface area (Å²) in [6.07, 6.45) is -1.00. The van der Waals surface area contributed by atoms with Crippen LogP contribution in [-0.4, -0.2) is 184 Å². The van der Waals surface area contributed by atoms with Crippen LogP contribution in [0.1, 0.15) is 117 Å². The van der Waals surface area contributed by atoms with Crippen molar-refractivity contribution >= 4 is 62.6 Å². The van der Waals surface area contributed by atoms with Gasteiger partial charge in [-0.15, -0.1) is 0 Å². The van der Waals surface area contributed by atoms with Gasteiger partial charge in [-0.2, -0.15) is 5.26 Å². The molecule has 4 heterocycles. The highest BCUT2D eigenvalue weighted by molar-refractivity contribution is 7.90. The summed E-state index contributed by atoms with van der Waals surface area (Å²) in [6.45, 7) is 1.18. The first-order valence-electron chi connectivity index (χ1n) is 27.5. The van der Waals surface area contributed by atoms with Crippen molar-refractivity contribution < 1.29 is 90.0 Å². The van der Waals surface area contributed by atoms with Crippen LogP contribution in [0, 0.1) is 29.1 Å². The Morgan fingerprint density at radius 2 is 1.60 bits per heavy atom. The lowest BCUT2D eigenvalue weighted by Gasteiger charge is -2.38. The molecule has 28 heteroatoms. The van der Waals surface area contributed by atoms with Gasteiger partial charge in [0.2, 0.25) is 41.6 Å². The van der Waals surface area contributed by atoms with Crippen molar-refractivity contribution in [2.75, 3.05) is 66.4 Å². The first-order chi connectivity index (χ1) is 40.1. The molecule has 4 fully saturated rings. The number of sulfone groups is 1. The monoisotopic (exact) mass is 1180 g/mol. The van der Waals surface area contributed by atoms with E-state index in [0.29, 0.717) is 31.9 Å². The van der Waals surface area contributed by atoms with E-state index in [4.69, 9.17) is 33.7 Å². The summed E-state index contributed by atoms with van der Waals surface area (Å²) in [5.74, 6) is -6.65. The number of phenolic OH excluding ortho intramolecular Hbond substituents is 2. The Hall–Kier alpha value is -7.94. The predicted octanol–water partition coefficient (Wildman–Crippen LogP) is -0.552. The third-order valence-electron chi connectivity index (χ3n) is 16.7. The quantitative estimate of drug-likeness (QED) is 0.0406. The first kappa shape index (κ1) is 59.2. The average molecular weight is 1180 g/mol. The number of carbonyl (C=O) groups excluding carboxylic acids is 8. The van der Waals surface area contributed by atoms with Crippen LogP contribution in [0.25, 0.3) is 0 Å². The number of phenols is 2. The molecule has 4 unspecified atom stereocenters. The number of nitriles is 1. The van der Waals surface area contributed by atoms with Crippen LogP contribution in [0.2, 0.25) is 0 Å². The van der Waals surface area contributed by atoms with Crippen molar-refractivity contribution in [3.8, 4) is 23.3 Å². The topological polar surface area (TPSA) is 378 Å². The van der Waals surface area contributed by atoms with Crippen LogP contribution in [0.4, 0.5) is 0 Å². The molecule has 27 nitrogen and oxygen atoms in total. The number of amides is 6. The Balaban J connectivity index is 0.743. The minimum Gasteiger partial charge on any atom is -0.507 e. The van der Waals surface area contributed by atoms with Gasteiger partial charge in [-0.3, -0.25) is 38.4 Å². The molecule has 84 heavy (non-hydrogen) atoms. The molecule has 3 aliphatic heterocycles. The number of hydrogen-bond acceptors (Lipinski definition) is 20. The molecule has 2 saturated heterocycles. The number of hydrogen-bond donors (Lipinski definition) is 8. The van der Waals surface area contributed by atoms with Gasteiger partial charge in [-0.1, -0.05) is 12.1 Å². The minimum atomic E-state index is -3.91. The summed E-state index contributed by atoms with van der Waals surface area (Å²) < 4.78 is 62.3. The molecule has 2 saturated carbocycles. The Bertz CT molecular complexity index is 3460. The number of ether oxygens (including phenoxy) is 6. The lowest BCUT2D eigenvalue weighted by molar-refractivity contribution is -0.641. The van der Waals surface area contributed by atoms with Gasteiger partial charge in [-0.25, -0.2) is 18.0 Å². The van der Waals surface area contributed by atoms with E-state index in [2.05, 4.69) is 41.5 Å². The van der Waals surface area contributed by atoms with Crippen LogP contribution in [0.5, 0.6) is 17.2 Å². The van der Waals surface area contributed by atoms with Crippen molar-refractivity contribution in [1.29, 1.82) is 5.26 Å². The largest absolute Gasteiger partial charge is 0.507 e. The molecule has 10 rings (SSSR count). The summed E-state index contributed by atoms with van der Waals surface area (Å²) in [6, 6.07) is 8.49. The summed E-state index contributed by atoms with van der Waals surface area (Å²) in [5, 5.41) is 48.7. The van der Waals surface area contributed by atoms with E-state index < -0.39 is 153 Å². The van der Waals surface area contributed by atoms with Gasteiger partial charge >= 0.3 is 6.23 Å². The second-order valence-corrected chi connectivity index (χ2v) is 23.8. The Labute approximate surface area is 481 Å². The lowest BCUT2D eigenvalue weighted by Crippen LogP contribution is -2.54. The molecular weight excluding hydrogens is 1120 g/mol. The predicted molar refractivity (Wildman–Crippen MR) is 287 cm³/mol. The summed E-state index contributed by atoms with van der Waals surface area (Å²) in [7, 11) is -1.03. The molecule has 4 aliphatic carbocycles. The maximum Gasteiger partial charge on any atom is 0.310 e. The van der Waals surface area contributed by atoms with Crippen molar-refractivity contribution in [3.05, 3.63) is 75.0 Å². The van der Waals surface area contributed by atoms with E-state index in [9.17, 15) is 57.0 Å². The maximum atomic E-state index is 14.5. The Morgan fingerprint density at radius 3 is 2.27 bits per heavy atom. The molecule has 1 aromatic heterocycles. The smallest absolute Gasteiger partial charge is 0.310 e. The number of morpholine rings is 1. The van der Waals surface area contributed by atoms with Crippen LogP contribution in [0.3, 0.4) is 0 Å². The van der Waals surface area contributed by atoms with Gasteiger partial charge in [0.05, 0.1) is 67.6 Å². The van der Waals surface area contributed by atoms with Gasteiger partial charge in [0.25, 0.3) is 5.91 Å². The number of methoxy groups -OCH3 is 2. The number of benzene rings is 2. The molecule has 6 amide bonds. The van der Waals surface area contributed by atoms with Crippen molar-refractivity contribution in [2.24, 2.45) is 17.8 Å². The average Bonchev–Trinajstić information content (AvgIpc) is 1.35. The molecule has 0 spiro atoms. The van der Waals surface area contributed by atoms with E-state index in [1.807, 2.05) is 6.92 Å². The molecule has 8 N–H and O–H groups in total. The van der Waals surface area contributed by atoms with Gasteiger partial charge < -0.3 is 70.5 Å². The van der Waals surface area contributed by atoms with Crippen molar-refractivity contribution in [1.82, 2.24) is 36.9 Å². The zero-order valence-corrected chi connectivity index (χ0v) is 47.2. The van der Waals surface area contributed by atoms with E-state index >= 15 is 0 Å². The zero-order chi connectivity index (χ0) is 59.9. The summed E-state index contributed by atoms with van der Waals surface area (Å²) in [4.78, 5) is 110. The molecule has 7 aliphatic rings. The van der Waals surface area contributed by atoms with E-state index in [0.717, 1.165) is 36.9 Å². The van der Waals surface area contributed by atoms with E-state index in [1.165, 1.54) is 32.4 Å². The van der Waals surface area contributed by atoms with Crippen LogP contribution in [0.15, 0.2) is 35.4 Å². The van der Waals surface area contributed by atoms with Gasteiger partial charge in [0.15, 0.2) is 45.3 Å². The third-order valence-corrected chi connectivity index (χ3v) is 17.7. The van der Waals surface area contributed by atoms with Crippen LogP contribution < -0.4 is 36.6 Å². The minimum absolute atomic E-state index is 0.0255. The van der Waals surface area contributed by atoms with Crippen LogP contribution in [-0.2, 0) is 63.9 Å². The second-order valence-electron chi connectivity index (χ2n) is 21.9. The van der Waals surface area contributed by atoms with E-state index in [1.54, 1.807) is 6.07 Å². The lowest BCUT2D eigenvalue weighted by atomic mass is 9.74. The number of ketones is 2. The standard InChI is InChI=1S/C56H63N9O18S/c1-26-50-34(65-16-17-80-55(79-3)54(65)83-50)21-41(81-26)82-36-20-29(18-31-43(36)49(73)45-44(47(31)71)46(70)30-6-5-7-35(78-2)42(30)48(45)72)51(74)59-15-13-56(12-10-27-19-32(27)56)64-40(69)25-62-39(68)24-61-38(67)23-60-37(66)11-14-58-52(75)33-9-8-28(22-57)53(63-33)84(4,76)77/h5-9,26-27,29,32,36,41,50,54-55H,10-21,23-25H2,1-4H3,(H7-,58,59,60,61,62,63,64,66,67,68,69,70,71,72,73,74,75)/p+1/t26-,27?,29?,32?,36-,41-,50+,54+,55-,56?/m0/s1. The van der Waals surface area contributed by atoms with Gasteiger partial charge in [0, 0.05) is 61.0 Å². The molecule has 10 atom stereocenters. The highest BCUT2D eigenvalue weighted by Gasteiger charge is 2.58. The SMILES string of the molecule is COc1cccc2c1C(=O)c1c(O)c3c(c(O)c1C2=O)CC(C(=O)NCCC1(NC(=O)CNC(=O)CNC(=O)CNC(=O)CCNC(=O)c2ccc(C#N)c(S(C)(=O)=O)n2)CCC2CC21)C[C@@H]3O[C@H]1CC2=[N+]3CCO[C@H](OC)[C@H]3O[C@@H]2[C@H](C)O1. The molecule has 0 radical (unpaired) electrons. The number of rotatable bonds is 20.